The number of benzene rings is 1. The number of amides is 1. The van der Waals surface area contributed by atoms with Gasteiger partial charge in [-0.25, -0.2) is 0 Å². The molecule has 0 heterocycles. The lowest BCUT2D eigenvalue weighted by molar-refractivity contribution is -0.117. The molecule has 0 saturated carbocycles. The smallest absolute Gasteiger partial charge is 0.224 e. The minimum Gasteiger partial charge on any atom is -0.326 e. The molecule has 1 amide bonds. The summed E-state index contributed by atoms with van der Waals surface area (Å²) in [6, 6.07) is 7.89. The predicted molar refractivity (Wildman–Crippen MR) is 68.5 cm³/mol. The normalized spacial score (nSPS) is 12.2. The van der Waals surface area contributed by atoms with E-state index in [1.54, 1.807) is 0 Å². The van der Waals surface area contributed by atoms with E-state index >= 15 is 0 Å². The number of hydrogen-bond acceptors (Lipinski definition) is 1. The van der Waals surface area contributed by atoms with Gasteiger partial charge >= 0.3 is 0 Å². The first kappa shape index (κ1) is 12.8. The second-order valence-corrected chi connectivity index (χ2v) is 4.51. The van der Waals surface area contributed by atoms with Gasteiger partial charge in [-0.2, -0.15) is 0 Å². The Morgan fingerprint density at radius 2 is 1.94 bits per heavy atom. The van der Waals surface area contributed by atoms with Crippen molar-refractivity contribution in [3.63, 3.8) is 0 Å². The first-order chi connectivity index (χ1) is 7.61. The molecular formula is C14H21NO. The highest BCUT2D eigenvalue weighted by Gasteiger charge is 2.08. The number of hydrogen-bond donors (Lipinski definition) is 1. The molecule has 0 fully saturated rings. The average Bonchev–Trinajstić information content (AvgIpc) is 2.21. The highest BCUT2D eigenvalue weighted by molar-refractivity contribution is 5.90. The number of anilines is 1. The molecule has 2 nitrogen and oxygen atoms in total. The van der Waals surface area contributed by atoms with Gasteiger partial charge in [-0.15, -0.1) is 0 Å². The molecule has 0 aliphatic heterocycles. The van der Waals surface area contributed by atoms with Crippen molar-refractivity contribution >= 4 is 11.6 Å². The van der Waals surface area contributed by atoms with E-state index in [-0.39, 0.29) is 5.91 Å². The molecule has 1 unspecified atom stereocenters. The van der Waals surface area contributed by atoms with Crippen LogP contribution >= 0.6 is 0 Å². The van der Waals surface area contributed by atoms with E-state index < -0.39 is 0 Å². The zero-order chi connectivity index (χ0) is 12.0. The van der Waals surface area contributed by atoms with Gasteiger partial charge in [-0.1, -0.05) is 44.4 Å². The highest BCUT2D eigenvalue weighted by Crippen LogP contribution is 2.13. The molecule has 16 heavy (non-hydrogen) atoms. The molecular weight excluding hydrogens is 198 g/mol. The molecule has 88 valence electrons. The van der Waals surface area contributed by atoms with Crippen LogP contribution < -0.4 is 5.32 Å². The molecule has 1 N–H and O–H groups in total. The van der Waals surface area contributed by atoms with E-state index in [1.165, 1.54) is 5.56 Å². The third-order valence-electron chi connectivity index (χ3n) is 2.65. The van der Waals surface area contributed by atoms with Gasteiger partial charge in [0.25, 0.3) is 0 Å². The number of aryl methyl sites for hydroxylation is 1. The summed E-state index contributed by atoms with van der Waals surface area (Å²) in [6.45, 7) is 6.31. The summed E-state index contributed by atoms with van der Waals surface area (Å²) < 4.78 is 0. The van der Waals surface area contributed by atoms with Crippen LogP contribution in [0.4, 0.5) is 5.69 Å². The molecule has 0 saturated heterocycles. The molecule has 2 heteroatoms. The Kier molecular flexibility index (Phi) is 5.03. The van der Waals surface area contributed by atoms with Gasteiger partial charge < -0.3 is 5.32 Å². The molecule has 0 radical (unpaired) electrons. The highest BCUT2D eigenvalue weighted by atomic mass is 16.1. The number of rotatable bonds is 5. The Morgan fingerprint density at radius 3 is 2.50 bits per heavy atom. The topological polar surface area (TPSA) is 29.1 Å². The molecule has 1 aromatic rings. The fourth-order valence-corrected chi connectivity index (χ4v) is 1.76. The minimum absolute atomic E-state index is 0.116. The summed E-state index contributed by atoms with van der Waals surface area (Å²) >= 11 is 0. The Hall–Kier alpha value is -1.31. The van der Waals surface area contributed by atoms with Gasteiger partial charge in [0.05, 0.1) is 0 Å². The molecule has 1 aromatic carbocycles. The van der Waals surface area contributed by atoms with E-state index in [9.17, 15) is 4.79 Å². The van der Waals surface area contributed by atoms with Gasteiger partial charge in [0.2, 0.25) is 5.91 Å². The van der Waals surface area contributed by atoms with Crippen LogP contribution in [0.5, 0.6) is 0 Å². The first-order valence-corrected chi connectivity index (χ1v) is 5.98. The lowest BCUT2D eigenvalue weighted by Crippen LogP contribution is -2.14. The van der Waals surface area contributed by atoms with Gasteiger partial charge in [-0.05, 0) is 25.0 Å². The second-order valence-electron chi connectivity index (χ2n) is 4.51. The zero-order valence-electron chi connectivity index (χ0n) is 10.4. The Bertz CT molecular complexity index is 329. The van der Waals surface area contributed by atoms with Crippen LogP contribution in [0.3, 0.4) is 0 Å². The van der Waals surface area contributed by atoms with Crippen LogP contribution in [0.2, 0.25) is 0 Å². The molecule has 0 aliphatic rings. The van der Waals surface area contributed by atoms with Crippen molar-refractivity contribution in [3.8, 4) is 0 Å². The maximum Gasteiger partial charge on any atom is 0.224 e. The summed E-state index contributed by atoms with van der Waals surface area (Å²) in [6.07, 6.45) is 2.86. The second kappa shape index (κ2) is 6.31. The number of carbonyl (C=O) groups excluding carboxylic acids is 1. The maximum atomic E-state index is 11.7. The van der Waals surface area contributed by atoms with Crippen molar-refractivity contribution in [2.75, 3.05) is 5.32 Å². The van der Waals surface area contributed by atoms with Crippen molar-refractivity contribution in [2.45, 2.75) is 40.0 Å². The Balaban J connectivity index is 2.42. The maximum absolute atomic E-state index is 11.7. The third kappa shape index (κ3) is 4.47. The van der Waals surface area contributed by atoms with E-state index in [2.05, 4.69) is 19.2 Å². The van der Waals surface area contributed by atoms with Gasteiger partial charge in [0, 0.05) is 12.1 Å². The zero-order valence-corrected chi connectivity index (χ0v) is 10.4. The van der Waals surface area contributed by atoms with E-state index in [0.717, 1.165) is 18.5 Å². The van der Waals surface area contributed by atoms with Gasteiger partial charge in [-0.3, -0.25) is 4.79 Å². The third-order valence-corrected chi connectivity index (χ3v) is 2.65. The SMILES string of the molecule is CCCC(C)CC(=O)Nc1ccc(C)cc1. The minimum atomic E-state index is 0.116. The molecule has 0 spiro atoms. The van der Waals surface area contributed by atoms with Crippen LogP contribution in [0.15, 0.2) is 24.3 Å². The molecule has 0 aromatic heterocycles. The Morgan fingerprint density at radius 1 is 1.31 bits per heavy atom. The molecule has 0 bridgehead atoms. The molecule has 1 atom stereocenters. The number of carbonyl (C=O) groups is 1. The number of nitrogens with one attached hydrogen (secondary N) is 1. The van der Waals surface area contributed by atoms with Crippen LogP contribution in [-0.2, 0) is 4.79 Å². The van der Waals surface area contributed by atoms with E-state index in [0.29, 0.717) is 12.3 Å². The van der Waals surface area contributed by atoms with Crippen molar-refractivity contribution in [1.29, 1.82) is 0 Å². The van der Waals surface area contributed by atoms with Crippen LogP contribution in [-0.4, -0.2) is 5.91 Å². The molecule has 1 rings (SSSR count). The van der Waals surface area contributed by atoms with Crippen LogP contribution in [0.1, 0.15) is 38.7 Å². The van der Waals surface area contributed by atoms with E-state index in [1.807, 2.05) is 31.2 Å². The monoisotopic (exact) mass is 219 g/mol. The summed E-state index contributed by atoms with van der Waals surface area (Å²) in [5.41, 5.74) is 2.09. The predicted octanol–water partition coefficient (Wildman–Crippen LogP) is 3.76. The standard InChI is InChI=1S/C14H21NO/c1-4-5-12(3)10-14(16)15-13-8-6-11(2)7-9-13/h6-9,12H,4-5,10H2,1-3H3,(H,15,16). The summed E-state index contributed by atoms with van der Waals surface area (Å²) in [5, 5.41) is 2.92. The van der Waals surface area contributed by atoms with Gasteiger partial charge in [0.15, 0.2) is 0 Å². The van der Waals surface area contributed by atoms with Crippen LogP contribution in [0, 0.1) is 12.8 Å². The van der Waals surface area contributed by atoms with Crippen molar-refractivity contribution in [1.82, 2.24) is 0 Å². The van der Waals surface area contributed by atoms with Gasteiger partial charge in [0.1, 0.15) is 0 Å². The largest absolute Gasteiger partial charge is 0.326 e. The average molecular weight is 219 g/mol. The fourth-order valence-electron chi connectivity index (χ4n) is 1.76. The lowest BCUT2D eigenvalue weighted by atomic mass is 10.0. The Labute approximate surface area is 98.1 Å². The lowest BCUT2D eigenvalue weighted by Gasteiger charge is -2.10. The quantitative estimate of drug-likeness (QED) is 0.802. The van der Waals surface area contributed by atoms with Crippen molar-refractivity contribution < 1.29 is 4.79 Å². The summed E-state index contributed by atoms with van der Waals surface area (Å²) in [4.78, 5) is 11.7. The summed E-state index contributed by atoms with van der Waals surface area (Å²) in [5.74, 6) is 0.584. The van der Waals surface area contributed by atoms with E-state index in [4.69, 9.17) is 0 Å². The van der Waals surface area contributed by atoms with Crippen LogP contribution in [0.25, 0.3) is 0 Å². The van der Waals surface area contributed by atoms with Crippen molar-refractivity contribution in [3.05, 3.63) is 29.8 Å². The fraction of sp³-hybridized carbons (Fsp3) is 0.500. The molecule has 0 aliphatic carbocycles. The summed E-state index contributed by atoms with van der Waals surface area (Å²) in [7, 11) is 0. The first-order valence-electron chi connectivity index (χ1n) is 5.98. The van der Waals surface area contributed by atoms with Crippen molar-refractivity contribution in [2.24, 2.45) is 5.92 Å².